The number of hydrogen-bond donors (Lipinski definition) is 2. The van der Waals surface area contributed by atoms with Gasteiger partial charge in [-0.15, -0.1) is 0 Å². The van der Waals surface area contributed by atoms with Gasteiger partial charge < -0.3 is 16.0 Å². The third kappa shape index (κ3) is 2.98. The van der Waals surface area contributed by atoms with Crippen molar-refractivity contribution in [2.24, 2.45) is 11.7 Å². The Morgan fingerprint density at radius 2 is 2.25 bits per heavy atom. The van der Waals surface area contributed by atoms with Crippen LogP contribution >= 0.6 is 0 Å². The predicted octanol–water partition coefficient (Wildman–Crippen LogP) is 1.34. The van der Waals surface area contributed by atoms with Crippen LogP contribution in [0.4, 0.5) is 17.1 Å². The summed E-state index contributed by atoms with van der Waals surface area (Å²) in [6.45, 7) is 1.29. The Morgan fingerprint density at radius 3 is 2.85 bits per heavy atom. The SMILES string of the molecule is CNc1cc(N2CCCC(C(N)=O)C2)cc([N+](=O)[O-])c1. The van der Waals surface area contributed by atoms with E-state index in [1.54, 1.807) is 7.05 Å². The van der Waals surface area contributed by atoms with E-state index in [1.807, 2.05) is 11.0 Å². The number of nitrogens with one attached hydrogen (secondary N) is 1. The number of nitrogens with two attached hydrogens (primary N) is 1. The summed E-state index contributed by atoms with van der Waals surface area (Å²) in [4.78, 5) is 23.8. The first-order chi connectivity index (χ1) is 9.51. The highest BCUT2D eigenvalue weighted by Gasteiger charge is 2.25. The highest BCUT2D eigenvalue weighted by atomic mass is 16.6. The molecular formula is C13H18N4O3. The Hall–Kier alpha value is -2.31. The fourth-order valence-electron chi connectivity index (χ4n) is 2.47. The summed E-state index contributed by atoms with van der Waals surface area (Å²) in [5, 5.41) is 13.9. The van der Waals surface area contributed by atoms with Gasteiger partial charge in [-0.25, -0.2) is 0 Å². The second-order valence-electron chi connectivity index (χ2n) is 4.93. The van der Waals surface area contributed by atoms with Crippen LogP contribution in [0.2, 0.25) is 0 Å². The lowest BCUT2D eigenvalue weighted by atomic mass is 9.97. The van der Waals surface area contributed by atoms with Gasteiger partial charge in [-0.3, -0.25) is 14.9 Å². The topological polar surface area (TPSA) is 102 Å². The Bertz CT molecular complexity index is 532. The number of carbonyl (C=O) groups is 1. The van der Waals surface area contributed by atoms with Crippen LogP contribution in [-0.4, -0.2) is 31.0 Å². The van der Waals surface area contributed by atoms with Crippen molar-refractivity contribution in [3.8, 4) is 0 Å². The van der Waals surface area contributed by atoms with Crippen molar-refractivity contribution in [1.82, 2.24) is 0 Å². The molecular weight excluding hydrogens is 260 g/mol. The molecule has 0 radical (unpaired) electrons. The zero-order valence-electron chi connectivity index (χ0n) is 11.3. The lowest BCUT2D eigenvalue weighted by Gasteiger charge is -2.33. The summed E-state index contributed by atoms with van der Waals surface area (Å²) in [7, 11) is 1.71. The van der Waals surface area contributed by atoms with Crippen molar-refractivity contribution >= 4 is 23.0 Å². The number of carbonyl (C=O) groups excluding carboxylic acids is 1. The number of nitro benzene ring substituents is 1. The normalized spacial score (nSPS) is 18.6. The molecule has 1 amide bonds. The fraction of sp³-hybridized carbons (Fsp3) is 0.462. The molecule has 1 fully saturated rings. The number of nitro groups is 1. The van der Waals surface area contributed by atoms with Crippen molar-refractivity contribution in [3.63, 3.8) is 0 Å². The molecule has 1 atom stereocenters. The van der Waals surface area contributed by atoms with Gasteiger partial charge in [0.25, 0.3) is 5.69 Å². The molecule has 7 nitrogen and oxygen atoms in total. The molecule has 1 aromatic carbocycles. The predicted molar refractivity (Wildman–Crippen MR) is 76.8 cm³/mol. The number of piperidine rings is 1. The number of benzene rings is 1. The van der Waals surface area contributed by atoms with Crippen molar-refractivity contribution < 1.29 is 9.72 Å². The zero-order valence-corrected chi connectivity index (χ0v) is 11.3. The van der Waals surface area contributed by atoms with E-state index in [0.29, 0.717) is 12.2 Å². The van der Waals surface area contributed by atoms with Crippen LogP contribution in [-0.2, 0) is 4.79 Å². The molecule has 2 rings (SSSR count). The van der Waals surface area contributed by atoms with E-state index in [1.165, 1.54) is 12.1 Å². The summed E-state index contributed by atoms with van der Waals surface area (Å²) in [5.41, 5.74) is 6.81. The van der Waals surface area contributed by atoms with E-state index in [0.717, 1.165) is 25.1 Å². The molecule has 0 spiro atoms. The maximum Gasteiger partial charge on any atom is 0.273 e. The van der Waals surface area contributed by atoms with Crippen LogP contribution < -0.4 is 16.0 Å². The first-order valence-corrected chi connectivity index (χ1v) is 6.52. The lowest BCUT2D eigenvalue weighted by Crippen LogP contribution is -2.41. The minimum Gasteiger partial charge on any atom is -0.388 e. The number of hydrogen-bond acceptors (Lipinski definition) is 5. The van der Waals surface area contributed by atoms with Gasteiger partial charge >= 0.3 is 0 Å². The Balaban J connectivity index is 2.29. The maximum atomic E-state index is 11.3. The molecule has 7 heteroatoms. The minimum atomic E-state index is -0.417. The summed E-state index contributed by atoms with van der Waals surface area (Å²) >= 11 is 0. The molecule has 0 aromatic heterocycles. The van der Waals surface area contributed by atoms with E-state index in [9.17, 15) is 14.9 Å². The van der Waals surface area contributed by atoms with E-state index < -0.39 is 4.92 Å². The Kier molecular flexibility index (Phi) is 4.07. The van der Waals surface area contributed by atoms with Crippen molar-refractivity contribution in [1.29, 1.82) is 0 Å². The number of anilines is 2. The average molecular weight is 278 g/mol. The minimum absolute atomic E-state index is 0.0352. The molecule has 1 heterocycles. The van der Waals surface area contributed by atoms with E-state index in [2.05, 4.69) is 5.32 Å². The summed E-state index contributed by atoms with van der Waals surface area (Å²) in [6.07, 6.45) is 1.63. The number of non-ortho nitro benzene ring substituents is 1. The van der Waals surface area contributed by atoms with Crippen molar-refractivity contribution in [2.45, 2.75) is 12.8 Å². The summed E-state index contributed by atoms with van der Waals surface area (Å²) in [6, 6.07) is 4.86. The van der Waals surface area contributed by atoms with Gasteiger partial charge in [-0.05, 0) is 18.9 Å². The molecule has 1 aromatic rings. The fourth-order valence-corrected chi connectivity index (χ4v) is 2.47. The molecule has 20 heavy (non-hydrogen) atoms. The third-order valence-electron chi connectivity index (χ3n) is 3.59. The van der Waals surface area contributed by atoms with Gasteiger partial charge in [-0.1, -0.05) is 0 Å². The van der Waals surface area contributed by atoms with Gasteiger partial charge in [0.2, 0.25) is 5.91 Å². The van der Waals surface area contributed by atoms with Crippen LogP contribution in [0.3, 0.4) is 0 Å². The van der Waals surface area contributed by atoms with Gasteiger partial charge in [-0.2, -0.15) is 0 Å². The first kappa shape index (κ1) is 14.1. The number of amides is 1. The quantitative estimate of drug-likeness (QED) is 0.639. The zero-order chi connectivity index (χ0) is 14.7. The monoisotopic (exact) mass is 278 g/mol. The van der Waals surface area contributed by atoms with Crippen molar-refractivity contribution in [2.75, 3.05) is 30.4 Å². The van der Waals surface area contributed by atoms with Crippen LogP contribution in [0.5, 0.6) is 0 Å². The number of rotatable bonds is 4. The molecule has 1 saturated heterocycles. The largest absolute Gasteiger partial charge is 0.388 e. The average Bonchev–Trinajstić information content (AvgIpc) is 2.46. The van der Waals surface area contributed by atoms with Gasteiger partial charge in [0, 0.05) is 43.6 Å². The number of nitrogens with zero attached hydrogens (tertiary/aromatic N) is 2. The standard InChI is InChI=1S/C13H18N4O3/c1-15-10-5-11(7-12(6-10)17(19)20)16-4-2-3-9(8-16)13(14)18/h5-7,9,15H,2-4,8H2,1H3,(H2,14,18). The summed E-state index contributed by atoms with van der Waals surface area (Å²) < 4.78 is 0. The maximum absolute atomic E-state index is 11.3. The van der Waals surface area contributed by atoms with E-state index >= 15 is 0 Å². The van der Waals surface area contributed by atoms with E-state index in [-0.39, 0.29) is 17.5 Å². The first-order valence-electron chi connectivity index (χ1n) is 6.52. The smallest absolute Gasteiger partial charge is 0.273 e. The molecule has 1 unspecified atom stereocenters. The third-order valence-corrected chi connectivity index (χ3v) is 3.59. The second kappa shape index (κ2) is 5.77. The molecule has 0 bridgehead atoms. The second-order valence-corrected chi connectivity index (χ2v) is 4.93. The molecule has 1 aliphatic heterocycles. The van der Waals surface area contributed by atoms with Gasteiger partial charge in [0.1, 0.15) is 0 Å². The van der Waals surface area contributed by atoms with E-state index in [4.69, 9.17) is 5.73 Å². The highest BCUT2D eigenvalue weighted by Crippen LogP contribution is 2.29. The Morgan fingerprint density at radius 1 is 1.50 bits per heavy atom. The van der Waals surface area contributed by atoms with Crippen LogP contribution in [0.25, 0.3) is 0 Å². The van der Waals surface area contributed by atoms with Crippen LogP contribution in [0, 0.1) is 16.0 Å². The van der Waals surface area contributed by atoms with Gasteiger partial charge in [0.15, 0.2) is 0 Å². The molecule has 3 N–H and O–H groups in total. The lowest BCUT2D eigenvalue weighted by molar-refractivity contribution is -0.384. The molecule has 0 aliphatic carbocycles. The molecule has 0 saturated carbocycles. The highest BCUT2D eigenvalue weighted by molar-refractivity contribution is 5.78. The molecule has 108 valence electrons. The van der Waals surface area contributed by atoms with Crippen LogP contribution in [0.15, 0.2) is 18.2 Å². The van der Waals surface area contributed by atoms with Gasteiger partial charge in [0.05, 0.1) is 10.8 Å². The summed E-state index contributed by atoms with van der Waals surface area (Å²) in [5.74, 6) is -0.505. The van der Waals surface area contributed by atoms with Crippen LogP contribution in [0.1, 0.15) is 12.8 Å². The Labute approximate surface area is 116 Å². The number of primary amides is 1. The van der Waals surface area contributed by atoms with Crippen molar-refractivity contribution in [3.05, 3.63) is 28.3 Å². The molecule has 1 aliphatic rings.